The summed E-state index contributed by atoms with van der Waals surface area (Å²) in [6.07, 6.45) is 10.4. The Hall–Kier alpha value is -5.78. The molecule has 0 radical (unpaired) electrons. The number of halogens is 10. The molecule has 2 aliphatic rings. The minimum absolute atomic E-state index is 0.0291. The minimum Gasteiger partial charge on any atom is -0.428 e. The van der Waals surface area contributed by atoms with Crippen LogP contribution in [0.3, 0.4) is 0 Å². The van der Waals surface area contributed by atoms with E-state index >= 15 is 17.6 Å². The van der Waals surface area contributed by atoms with Gasteiger partial charge in [-0.3, -0.25) is 0 Å². The summed E-state index contributed by atoms with van der Waals surface area (Å²) in [4.78, 5) is 0. The van der Waals surface area contributed by atoms with E-state index in [1.165, 1.54) is 143 Å². The van der Waals surface area contributed by atoms with Crippen molar-refractivity contribution in [3.05, 3.63) is 178 Å². The first-order valence-electron chi connectivity index (χ1n) is 24.9. The van der Waals surface area contributed by atoms with Gasteiger partial charge in [0.15, 0.2) is 34.9 Å². The van der Waals surface area contributed by atoms with Crippen LogP contribution in [0.25, 0.3) is 22.3 Å². The first-order chi connectivity index (χ1) is 34.1. The summed E-state index contributed by atoms with van der Waals surface area (Å²) in [6.45, 7) is 4.41. The predicted molar refractivity (Wildman–Crippen MR) is 258 cm³/mol. The van der Waals surface area contributed by atoms with Gasteiger partial charge >= 0.3 is 12.2 Å². The summed E-state index contributed by atoms with van der Waals surface area (Å²) < 4.78 is 152. The Morgan fingerprint density at radius 1 is 0.423 bits per heavy atom. The molecule has 8 rings (SSSR count). The second-order valence-corrected chi connectivity index (χ2v) is 19.1. The number of para-hydroxylation sites is 2. The molecule has 2 aliphatic carbocycles. The Labute approximate surface area is 410 Å². The number of hydrogen-bond acceptors (Lipinski definition) is 2. The van der Waals surface area contributed by atoms with Gasteiger partial charge in [-0.15, -0.1) is 0 Å². The Balaban J connectivity index is 0.000000209. The number of alkyl halides is 4. The van der Waals surface area contributed by atoms with Gasteiger partial charge < -0.3 is 9.47 Å². The fourth-order valence-corrected chi connectivity index (χ4v) is 10.0. The fourth-order valence-electron chi connectivity index (χ4n) is 10.0. The summed E-state index contributed by atoms with van der Waals surface area (Å²) in [5.74, 6) is -7.10. The molecule has 0 unspecified atom stereocenters. The van der Waals surface area contributed by atoms with Crippen LogP contribution >= 0.6 is 0 Å². The molecule has 0 spiro atoms. The van der Waals surface area contributed by atoms with Crippen LogP contribution in [-0.4, -0.2) is 0 Å². The average Bonchev–Trinajstić information content (AvgIpc) is 3.37. The molecule has 0 N–H and O–H groups in total. The van der Waals surface area contributed by atoms with Crippen molar-refractivity contribution in [1.29, 1.82) is 0 Å². The molecular weight excluding hydrogens is 931 g/mol. The number of benzene rings is 6. The zero-order chi connectivity index (χ0) is 50.7. The fraction of sp³-hybridized carbons (Fsp3) is 0.390. The third-order valence-corrected chi connectivity index (χ3v) is 14.2. The Morgan fingerprint density at radius 2 is 0.761 bits per heavy atom. The van der Waals surface area contributed by atoms with Crippen LogP contribution < -0.4 is 9.47 Å². The van der Waals surface area contributed by atoms with Crippen molar-refractivity contribution in [3.63, 3.8) is 0 Å². The summed E-state index contributed by atoms with van der Waals surface area (Å²) in [5, 5.41) is 0. The molecule has 0 bridgehead atoms. The lowest BCUT2D eigenvalue weighted by atomic mass is 9.77. The van der Waals surface area contributed by atoms with E-state index < -0.39 is 47.1 Å². The second-order valence-electron chi connectivity index (χ2n) is 19.1. The van der Waals surface area contributed by atoms with Crippen molar-refractivity contribution < 1.29 is 53.4 Å². The second kappa shape index (κ2) is 24.1. The molecule has 0 amide bonds. The van der Waals surface area contributed by atoms with Gasteiger partial charge in [0.1, 0.15) is 11.5 Å². The van der Waals surface area contributed by atoms with Gasteiger partial charge in [-0.25, -0.2) is 26.3 Å². The van der Waals surface area contributed by atoms with Gasteiger partial charge in [0.05, 0.1) is 11.1 Å². The third kappa shape index (κ3) is 13.6. The van der Waals surface area contributed by atoms with Gasteiger partial charge in [-0.1, -0.05) is 119 Å². The van der Waals surface area contributed by atoms with E-state index in [0.29, 0.717) is 11.8 Å². The van der Waals surface area contributed by atoms with E-state index in [4.69, 9.17) is 9.47 Å². The summed E-state index contributed by atoms with van der Waals surface area (Å²) in [6, 6.07) is 26.8. The molecule has 6 aromatic rings. The zero-order valence-corrected chi connectivity index (χ0v) is 40.1. The van der Waals surface area contributed by atoms with Crippen molar-refractivity contribution >= 4 is 0 Å². The maximum absolute atomic E-state index is 15.1. The van der Waals surface area contributed by atoms with Crippen LogP contribution in [0, 0.1) is 46.7 Å². The largest absolute Gasteiger partial charge is 0.428 e. The van der Waals surface area contributed by atoms with E-state index in [2.05, 4.69) is 13.8 Å². The third-order valence-electron chi connectivity index (χ3n) is 14.2. The molecular formula is C59H60F10O2. The molecule has 0 saturated heterocycles. The van der Waals surface area contributed by atoms with Crippen molar-refractivity contribution in [3.8, 4) is 33.8 Å². The van der Waals surface area contributed by atoms with Gasteiger partial charge in [0.25, 0.3) is 0 Å². The van der Waals surface area contributed by atoms with E-state index in [9.17, 15) is 26.3 Å². The Bertz CT molecular complexity index is 2610. The maximum atomic E-state index is 15.1. The number of rotatable bonds is 17. The highest BCUT2D eigenvalue weighted by Crippen LogP contribution is 2.43. The van der Waals surface area contributed by atoms with Crippen LogP contribution in [0.1, 0.15) is 144 Å². The summed E-state index contributed by atoms with van der Waals surface area (Å²) >= 11 is 0. The van der Waals surface area contributed by atoms with E-state index in [1.807, 2.05) is 0 Å². The summed E-state index contributed by atoms with van der Waals surface area (Å²) in [7, 11) is 0. The lowest BCUT2D eigenvalue weighted by molar-refractivity contribution is -0.185. The molecule has 2 fully saturated rings. The van der Waals surface area contributed by atoms with Gasteiger partial charge in [-0.05, 0) is 158 Å². The van der Waals surface area contributed by atoms with Crippen LogP contribution in [0.5, 0.6) is 11.5 Å². The predicted octanol–water partition coefficient (Wildman–Crippen LogP) is 19.1. The number of unbranched alkanes of at least 4 members (excludes halogenated alkanes) is 3. The summed E-state index contributed by atoms with van der Waals surface area (Å²) in [5.41, 5.74) is 1.34. The smallest absolute Gasteiger partial charge is 0.426 e. The van der Waals surface area contributed by atoms with Crippen molar-refractivity contribution in [2.45, 2.75) is 134 Å². The lowest BCUT2D eigenvalue weighted by Crippen LogP contribution is -2.22. The SMILES string of the molecule is CCCCC1CCC(c2ccc(C(F)(F)Oc3ccccc3-c3cc(F)c(F)c(F)c3)cc2)CC1.CCCCCC1CCC(c2ccc(C(F)(F)Oc3ccccc3-c3cc(F)c(F)c(F)c3)cc2)CC1. The molecule has 0 atom stereocenters. The van der Waals surface area contributed by atoms with Crippen LogP contribution in [-0.2, 0) is 12.2 Å². The van der Waals surface area contributed by atoms with E-state index in [1.54, 1.807) is 24.3 Å². The Morgan fingerprint density at radius 3 is 1.11 bits per heavy atom. The molecule has 12 heteroatoms. The molecule has 378 valence electrons. The highest BCUT2D eigenvalue weighted by molar-refractivity contribution is 5.71. The normalized spacial score (nSPS) is 18.4. The Kier molecular flexibility index (Phi) is 18.0. The zero-order valence-electron chi connectivity index (χ0n) is 40.1. The topological polar surface area (TPSA) is 18.5 Å². The monoisotopic (exact) mass is 990 g/mol. The van der Waals surface area contributed by atoms with Gasteiger partial charge in [0.2, 0.25) is 0 Å². The quantitative estimate of drug-likeness (QED) is 0.0515. The highest BCUT2D eigenvalue weighted by atomic mass is 19.3. The first-order valence-corrected chi connectivity index (χ1v) is 24.9. The van der Waals surface area contributed by atoms with Crippen LogP contribution in [0.2, 0.25) is 0 Å². The minimum atomic E-state index is -3.68. The average molecular weight is 991 g/mol. The molecule has 0 aromatic heterocycles. The molecule has 6 aromatic carbocycles. The van der Waals surface area contributed by atoms with Gasteiger partial charge in [0, 0.05) is 11.1 Å². The molecule has 0 heterocycles. The van der Waals surface area contributed by atoms with Crippen LogP contribution in [0.4, 0.5) is 43.9 Å². The molecule has 71 heavy (non-hydrogen) atoms. The lowest BCUT2D eigenvalue weighted by Gasteiger charge is -2.29. The molecule has 2 nitrogen and oxygen atoms in total. The van der Waals surface area contributed by atoms with Crippen LogP contribution in [0.15, 0.2) is 121 Å². The van der Waals surface area contributed by atoms with Crippen molar-refractivity contribution in [1.82, 2.24) is 0 Å². The van der Waals surface area contributed by atoms with E-state index in [-0.39, 0.29) is 44.9 Å². The first kappa shape index (κ1) is 53.0. The van der Waals surface area contributed by atoms with Gasteiger partial charge in [-0.2, -0.15) is 17.6 Å². The standard InChI is InChI=1S/C30H31F5O.C29H29F5O/c1-2-3-4-7-20-10-12-21(13-11-20)22-14-16-24(17-15-22)30(34,35)36-28-9-6-5-8-25(28)23-18-26(31)29(33)27(32)19-23;1-2-3-6-19-9-11-20(12-10-19)21-13-15-23(16-14-21)29(33,34)35-27-8-5-4-7-24(27)22-17-25(30)28(32)26(31)18-22/h5-6,8-9,14-21H,2-4,7,10-13H2,1H3;4-5,7-8,13-20H,2-3,6,9-12H2,1H3. The highest BCUT2D eigenvalue weighted by Gasteiger charge is 2.37. The molecule has 0 aliphatic heterocycles. The maximum Gasteiger partial charge on any atom is 0.426 e. The van der Waals surface area contributed by atoms with Crippen molar-refractivity contribution in [2.75, 3.05) is 0 Å². The number of ether oxygens (including phenoxy) is 2. The van der Waals surface area contributed by atoms with E-state index in [0.717, 1.165) is 72.9 Å². The molecule has 2 saturated carbocycles. The number of hydrogen-bond donors (Lipinski definition) is 0. The van der Waals surface area contributed by atoms with Crippen molar-refractivity contribution in [2.24, 2.45) is 11.8 Å².